The van der Waals surface area contributed by atoms with Crippen LogP contribution < -0.4 is 5.43 Å². The van der Waals surface area contributed by atoms with Crippen LogP contribution >= 0.6 is 0 Å². The number of nitrogens with zero attached hydrogens (tertiary/aromatic N) is 3. The lowest BCUT2D eigenvalue weighted by Crippen LogP contribution is -2.39. The Labute approximate surface area is 117 Å². The molecule has 1 heterocycles. The number of likely N-dealkylation sites (tertiary alicyclic amines) is 1. The summed E-state index contributed by atoms with van der Waals surface area (Å²) < 4.78 is 13.0. The van der Waals surface area contributed by atoms with Crippen molar-refractivity contribution >= 4 is 17.2 Å². The van der Waals surface area contributed by atoms with Crippen LogP contribution in [0, 0.1) is 22.6 Å². The maximum absolute atomic E-state index is 13.0. The SMILES string of the molecule is N#C/C(=N/Nc1cccc(F)c1)C(=N)N1CCCCC1. The molecule has 0 amide bonds. The number of halogens is 1. The summed E-state index contributed by atoms with van der Waals surface area (Å²) in [6.45, 7) is 1.55. The average Bonchev–Trinajstić information content (AvgIpc) is 2.48. The van der Waals surface area contributed by atoms with Gasteiger partial charge in [0.25, 0.3) is 0 Å². The van der Waals surface area contributed by atoms with Crippen molar-refractivity contribution in [3.05, 3.63) is 30.1 Å². The lowest BCUT2D eigenvalue weighted by Gasteiger charge is -2.27. The minimum atomic E-state index is -0.380. The van der Waals surface area contributed by atoms with Crippen LogP contribution in [0.1, 0.15) is 19.3 Å². The van der Waals surface area contributed by atoms with Crippen molar-refractivity contribution in [3.63, 3.8) is 0 Å². The predicted molar refractivity (Wildman–Crippen MR) is 76.2 cm³/mol. The first-order chi connectivity index (χ1) is 9.70. The Kier molecular flexibility index (Phi) is 4.66. The molecule has 1 aromatic rings. The number of amidine groups is 1. The van der Waals surface area contributed by atoms with Gasteiger partial charge in [0.2, 0.25) is 5.71 Å². The van der Waals surface area contributed by atoms with Crippen LogP contribution in [0.2, 0.25) is 0 Å². The van der Waals surface area contributed by atoms with Gasteiger partial charge in [-0.3, -0.25) is 10.8 Å². The number of piperidine rings is 1. The molecule has 1 fully saturated rings. The Hall–Kier alpha value is -2.42. The summed E-state index contributed by atoms with van der Waals surface area (Å²) >= 11 is 0. The van der Waals surface area contributed by atoms with Crippen molar-refractivity contribution in [3.8, 4) is 6.07 Å². The van der Waals surface area contributed by atoms with E-state index in [1.165, 1.54) is 12.1 Å². The number of rotatable bonds is 3. The number of hydrogen-bond donors (Lipinski definition) is 2. The van der Waals surface area contributed by atoms with Crippen molar-refractivity contribution in [1.82, 2.24) is 4.90 Å². The quantitative estimate of drug-likeness (QED) is 0.505. The molecule has 0 radical (unpaired) electrons. The van der Waals surface area contributed by atoms with E-state index in [1.54, 1.807) is 12.1 Å². The van der Waals surface area contributed by atoms with E-state index in [9.17, 15) is 4.39 Å². The fourth-order valence-corrected chi connectivity index (χ4v) is 2.08. The van der Waals surface area contributed by atoms with E-state index < -0.39 is 0 Å². The summed E-state index contributed by atoms with van der Waals surface area (Å²) in [5.41, 5.74) is 3.07. The molecule has 0 unspecified atom stereocenters. The standard InChI is InChI=1S/C14H16FN5/c15-11-5-4-6-12(9-11)18-19-13(10-16)14(17)20-7-2-1-3-8-20/h4-6,9,17-18H,1-3,7-8H2/b17-14?,19-13-. The first-order valence-corrected chi connectivity index (χ1v) is 6.54. The maximum atomic E-state index is 13.0. The number of hydrazone groups is 1. The van der Waals surface area contributed by atoms with Crippen LogP contribution in [0.3, 0.4) is 0 Å². The number of nitriles is 1. The largest absolute Gasteiger partial charge is 0.355 e. The Morgan fingerprint density at radius 3 is 2.75 bits per heavy atom. The Balaban J connectivity index is 2.05. The minimum Gasteiger partial charge on any atom is -0.355 e. The van der Waals surface area contributed by atoms with Gasteiger partial charge in [-0.2, -0.15) is 10.4 Å². The maximum Gasteiger partial charge on any atom is 0.202 e. The van der Waals surface area contributed by atoms with E-state index in [1.807, 2.05) is 11.0 Å². The van der Waals surface area contributed by atoms with Gasteiger partial charge in [0.1, 0.15) is 11.9 Å². The average molecular weight is 273 g/mol. The fraction of sp³-hybridized carbons (Fsp3) is 0.357. The van der Waals surface area contributed by atoms with E-state index in [-0.39, 0.29) is 17.4 Å². The van der Waals surface area contributed by atoms with Crippen LogP contribution in [-0.2, 0) is 0 Å². The number of benzene rings is 1. The molecule has 0 atom stereocenters. The highest BCUT2D eigenvalue weighted by molar-refractivity contribution is 6.46. The Morgan fingerprint density at radius 2 is 2.10 bits per heavy atom. The van der Waals surface area contributed by atoms with Gasteiger partial charge in [-0.15, -0.1) is 0 Å². The molecule has 104 valence electrons. The Morgan fingerprint density at radius 1 is 1.35 bits per heavy atom. The zero-order chi connectivity index (χ0) is 14.4. The molecular weight excluding hydrogens is 257 g/mol. The summed E-state index contributed by atoms with van der Waals surface area (Å²) in [6.07, 6.45) is 3.21. The topological polar surface area (TPSA) is 75.3 Å². The van der Waals surface area contributed by atoms with Crippen molar-refractivity contribution in [2.75, 3.05) is 18.5 Å². The molecule has 20 heavy (non-hydrogen) atoms. The summed E-state index contributed by atoms with van der Waals surface area (Å²) in [6, 6.07) is 7.72. The third kappa shape index (κ3) is 3.54. The van der Waals surface area contributed by atoms with Crippen LogP contribution in [0.5, 0.6) is 0 Å². The van der Waals surface area contributed by atoms with Crippen LogP contribution in [0.25, 0.3) is 0 Å². The van der Waals surface area contributed by atoms with Gasteiger partial charge >= 0.3 is 0 Å². The lowest BCUT2D eigenvalue weighted by atomic mass is 10.1. The molecule has 1 saturated heterocycles. The van der Waals surface area contributed by atoms with Gasteiger partial charge < -0.3 is 4.90 Å². The highest BCUT2D eigenvalue weighted by Crippen LogP contribution is 2.11. The van der Waals surface area contributed by atoms with Gasteiger partial charge in [0, 0.05) is 13.1 Å². The molecule has 6 heteroatoms. The molecule has 1 aliphatic heterocycles. The van der Waals surface area contributed by atoms with Gasteiger partial charge in [-0.25, -0.2) is 4.39 Å². The normalized spacial score (nSPS) is 15.6. The number of hydrogen-bond acceptors (Lipinski definition) is 4. The number of nitrogens with one attached hydrogen (secondary N) is 2. The monoisotopic (exact) mass is 273 g/mol. The first-order valence-electron chi connectivity index (χ1n) is 6.54. The predicted octanol–water partition coefficient (Wildman–Crippen LogP) is 2.58. The molecular formula is C14H16FN5. The van der Waals surface area contributed by atoms with Crippen molar-refractivity contribution < 1.29 is 4.39 Å². The molecule has 1 aromatic carbocycles. The van der Waals surface area contributed by atoms with E-state index in [0.29, 0.717) is 5.69 Å². The van der Waals surface area contributed by atoms with Gasteiger partial charge in [0.15, 0.2) is 5.84 Å². The molecule has 2 N–H and O–H groups in total. The van der Waals surface area contributed by atoms with Crippen LogP contribution in [0.4, 0.5) is 10.1 Å². The van der Waals surface area contributed by atoms with E-state index >= 15 is 0 Å². The molecule has 0 saturated carbocycles. The number of anilines is 1. The summed E-state index contributed by atoms with van der Waals surface area (Å²) in [4.78, 5) is 1.85. The van der Waals surface area contributed by atoms with Crippen molar-refractivity contribution in [2.45, 2.75) is 19.3 Å². The molecule has 0 spiro atoms. The van der Waals surface area contributed by atoms with Crippen LogP contribution in [0.15, 0.2) is 29.4 Å². The molecule has 0 aliphatic carbocycles. The Bertz CT molecular complexity index is 555. The third-order valence-electron chi connectivity index (χ3n) is 3.12. The van der Waals surface area contributed by atoms with Crippen LogP contribution in [-0.4, -0.2) is 29.5 Å². The molecule has 0 aromatic heterocycles. The second-order valence-corrected chi connectivity index (χ2v) is 4.59. The minimum absolute atomic E-state index is 0.0103. The second kappa shape index (κ2) is 6.66. The fourth-order valence-electron chi connectivity index (χ4n) is 2.08. The van der Waals surface area contributed by atoms with E-state index in [4.69, 9.17) is 10.7 Å². The summed E-state index contributed by atoms with van der Waals surface area (Å²) in [7, 11) is 0. The third-order valence-corrected chi connectivity index (χ3v) is 3.12. The van der Waals surface area contributed by atoms with Gasteiger partial charge in [-0.1, -0.05) is 6.07 Å². The zero-order valence-corrected chi connectivity index (χ0v) is 11.1. The first kappa shape index (κ1) is 14.0. The van der Waals surface area contributed by atoms with Gasteiger partial charge in [0.05, 0.1) is 5.69 Å². The highest BCUT2D eigenvalue weighted by atomic mass is 19.1. The van der Waals surface area contributed by atoms with Crippen molar-refractivity contribution in [2.24, 2.45) is 5.10 Å². The lowest BCUT2D eigenvalue weighted by molar-refractivity contribution is 0.344. The smallest absolute Gasteiger partial charge is 0.202 e. The summed E-state index contributed by atoms with van der Waals surface area (Å²) in [5.74, 6) is -0.258. The van der Waals surface area contributed by atoms with Crippen molar-refractivity contribution in [1.29, 1.82) is 10.7 Å². The highest BCUT2D eigenvalue weighted by Gasteiger charge is 2.18. The molecule has 1 aliphatic rings. The second-order valence-electron chi connectivity index (χ2n) is 4.59. The zero-order valence-electron chi connectivity index (χ0n) is 11.1. The van der Waals surface area contributed by atoms with E-state index in [0.717, 1.165) is 32.4 Å². The van der Waals surface area contributed by atoms with Gasteiger partial charge in [-0.05, 0) is 37.5 Å². The molecule has 2 rings (SSSR count). The molecule has 5 nitrogen and oxygen atoms in total. The summed E-state index contributed by atoms with van der Waals surface area (Å²) in [5, 5.41) is 21.0. The molecule has 0 bridgehead atoms. The van der Waals surface area contributed by atoms with E-state index in [2.05, 4.69) is 10.5 Å².